The lowest BCUT2D eigenvalue weighted by molar-refractivity contribution is -0.122. The molecule has 18 heavy (non-hydrogen) atoms. The Morgan fingerprint density at radius 2 is 2.17 bits per heavy atom. The average Bonchev–Trinajstić information content (AvgIpc) is 2.28. The van der Waals surface area contributed by atoms with Crippen molar-refractivity contribution in [3.63, 3.8) is 0 Å². The van der Waals surface area contributed by atoms with Gasteiger partial charge in [0.05, 0.1) is 25.8 Å². The number of amides is 1. The number of anilines is 1. The highest BCUT2D eigenvalue weighted by atomic mass is 16.5. The van der Waals surface area contributed by atoms with E-state index in [0.29, 0.717) is 30.2 Å². The predicted molar refractivity (Wildman–Crippen MR) is 70.8 cm³/mol. The van der Waals surface area contributed by atoms with Crippen LogP contribution in [0.3, 0.4) is 0 Å². The maximum atomic E-state index is 11.4. The standard InChI is InChI=1S/C13H20N2O3/c1-9(2)15-13(16)6-7-18-10-4-5-12(17-3)11(14)8-10/h4-5,8-9H,6-7,14H2,1-3H3,(H,15,16). The molecule has 3 N–H and O–H groups in total. The van der Waals surface area contributed by atoms with Gasteiger partial charge in [0, 0.05) is 12.1 Å². The van der Waals surface area contributed by atoms with E-state index in [1.807, 2.05) is 13.8 Å². The van der Waals surface area contributed by atoms with Gasteiger partial charge < -0.3 is 20.5 Å². The second kappa shape index (κ2) is 6.74. The fourth-order valence-corrected chi connectivity index (χ4v) is 1.46. The molecule has 1 amide bonds. The maximum absolute atomic E-state index is 11.4. The molecule has 0 saturated carbocycles. The van der Waals surface area contributed by atoms with Gasteiger partial charge in [-0.15, -0.1) is 0 Å². The van der Waals surface area contributed by atoms with Crippen LogP contribution in [0, 0.1) is 0 Å². The maximum Gasteiger partial charge on any atom is 0.223 e. The average molecular weight is 252 g/mol. The third-order valence-corrected chi connectivity index (χ3v) is 2.25. The van der Waals surface area contributed by atoms with E-state index in [9.17, 15) is 4.79 Å². The summed E-state index contributed by atoms with van der Waals surface area (Å²) >= 11 is 0. The SMILES string of the molecule is COc1ccc(OCCC(=O)NC(C)C)cc1N. The second-order valence-corrected chi connectivity index (χ2v) is 4.22. The minimum atomic E-state index is -0.0218. The third kappa shape index (κ3) is 4.53. The van der Waals surface area contributed by atoms with Crippen molar-refractivity contribution in [3.05, 3.63) is 18.2 Å². The van der Waals surface area contributed by atoms with E-state index in [4.69, 9.17) is 15.2 Å². The summed E-state index contributed by atoms with van der Waals surface area (Å²) < 4.78 is 10.5. The molecule has 0 heterocycles. The van der Waals surface area contributed by atoms with Crippen molar-refractivity contribution in [1.82, 2.24) is 5.32 Å². The predicted octanol–water partition coefficient (Wildman–Crippen LogP) is 1.57. The summed E-state index contributed by atoms with van der Waals surface area (Å²) in [5.74, 6) is 1.22. The van der Waals surface area contributed by atoms with Crippen LogP contribution in [0.2, 0.25) is 0 Å². The molecule has 1 aromatic carbocycles. The van der Waals surface area contributed by atoms with Crippen molar-refractivity contribution in [2.75, 3.05) is 19.5 Å². The van der Waals surface area contributed by atoms with Gasteiger partial charge in [0.15, 0.2) is 0 Å². The molecule has 5 heteroatoms. The zero-order chi connectivity index (χ0) is 13.5. The van der Waals surface area contributed by atoms with Crippen molar-refractivity contribution in [3.8, 4) is 11.5 Å². The highest BCUT2D eigenvalue weighted by Gasteiger charge is 2.05. The molecule has 0 fully saturated rings. The quantitative estimate of drug-likeness (QED) is 0.754. The summed E-state index contributed by atoms with van der Waals surface area (Å²) in [6.45, 7) is 4.16. The van der Waals surface area contributed by atoms with Crippen molar-refractivity contribution in [2.45, 2.75) is 26.3 Å². The first-order valence-electron chi connectivity index (χ1n) is 5.88. The van der Waals surface area contributed by atoms with Crippen LogP contribution in [0.15, 0.2) is 18.2 Å². The number of nitrogens with two attached hydrogens (primary N) is 1. The van der Waals surface area contributed by atoms with Crippen LogP contribution < -0.4 is 20.5 Å². The summed E-state index contributed by atoms with van der Waals surface area (Å²) in [6, 6.07) is 5.32. The van der Waals surface area contributed by atoms with Crippen LogP contribution in [0.5, 0.6) is 11.5 Å². The fourth-order valence-electron chi connectivity index (χ4n) is 1.46. The van der Waals surface area contributed by atoms with Gasteiger partial charge in [-0.1, -0.05) is 0 Å². The Labute approximate surface area is 107 Å². The number of benzene rings is 1. The first-order valence-corrected chi connectivity index (χ1v) is 5.88. The molecule has 1 aromatic rings. The van der Waals surface area contributed by atoms with E-state index in [1.54, 1.807) is 25.3 Å². The molecular weight excluding hydrogens is 232 g/mol. The van der Waals surface area contributed by atoms with E-state index in [0.717, 1.165) is 0 Å². The van der Waals surface area contributed by atoms with Crippen LogP contribution >= 0.6 is 0 Å². The Bertz CT molecular complexity index is 405. The number of ether oxygens (including phenoxy) is 2. The third-order valence-electron chi connectivity index (χ3n) is 2.25. The van der Waals surface area contributed by atoms with Gasteiger partial charge in [0.2, 0.25) is 5.91 Å². The number of rotatable bonds is 6. The van der Waals surface area contributed by atoms with Crippen LogP contribution in [0.1, 0.15) is 20.3 Å². The molecule has 0 unspecified atom stereocenters. The molecule has 0 bridgehead atoms. The Balaban J connectivity index is 2.40. The van der Waals surface area contributed by atoms with Crippen molar-refractivity contribution < 1.29 is 14.3 Å². The van der Waals surface area contributed by atoms with Gasteiger partial charge >= 0.3 is 0 Å². The smallest absolute Gasteiger partial charge is 0.223 e. The lowest BCUT2D eigenvalue weighted by atomic mass is 10.3. The summed E-state index contributed by atoms with van der Waals surface area (Å²) in [4.78, 5) is 11.4. The normalized spacial score (nSPS) is 10.2. The second-order valence-electron chi connectivity index (χ2n) is 4.22. The van der Waals surface area contributed by atoms with Crippen LogP contribution in [-0.2, 0) is 4.79 Å². The molecule has 5 nitrogen and oxygen atoms in total. The zero-order valence-electron chi connectivity index (χ0n) is 11.0. The fraction of sp³-hybridized carbons (Fsp3) is 0.462. The first kappa shape index (κ1) is 14.2. The minimum absolute atomic E-state index is 0.0218. The molecule has 0 aliphatic rings. The Kier molecular flexibility index (Phi) is 5.30. The Morgan fingerprint density at radius 1 is 1.44 bits per heavy atom. The van der Waals surface area contributed by atoms with Gasteiger partial charge in [0.25, 0.3) is 0 Å². The molecule has 0 aliphatic heterocycles. The van der Waals surface area contributed by atoms with Gasteiger partial charge in [-0.05, 0) is 26.0 Å². The molecule has 0 aliphatic carbocycles. The van der Waals surface area contributed by atoms with E-state index in [-0.39, 0.29) is 11.9 Å². The minimum Gasteiger partial charge on any atom is -0.495 e. The number of hydrogen-bond donors (Lipinski definition) is 2. The van der Waals surface area contributed by atoms with Gasteiger partial charge in [-0.2, -0.15) is 0 Å². The monoisotopic (exact) mass is 252 g/mol. The van der Waals surface area contributed by atoms with Gasteiger partial charge in [-0.25, -0.2) is 0 Å². The summed E-state index contributed by atoms with van der Waals surface area (Å²) in [5.41, 5.74) is 6.26. The highest BCUT2D eigenvalue weighted by Crippen LogP contribution is 2.25. The van der Waals surface area contributed by atoms with Gasteiger partial charge in [-0.3, -0.25) is 4.79 Å². The Morgan fingerprint density at radius 3 is 2.72 bits per heavy atom. The van der Waals surface area contributed by atoms with Crippen LogP contribution in [-0.4, -0.2) is 25.7 Å². The zero-order valence-corrected chi connectivity index (χ0v) is 11.0. The van der Waals surface area contributed by atoms with E-state index in [1.165, 1.54) is 0 Å². The molecule has 100 valence electrons. The van der Waals surface area contributed by atoms with Crippen molar-refractivity contribution >= 4 is 11.6 Å². The van der Waals surface area contributed by atoms with E-state index >= 15 is 0 Å². The number of hydrogen-bond acceptors (Lipinski definition) is 4. The molecule has 0 saturated heterocycles. The molecule has 0 aromatic heterocycles. The summed E-state index contributed by atoms with van der Waals surface area (Å²) in [5, 5.41) is 2.80. The van der Waals surface area contributed by atoms with Gasteiger partial charge in [0.1, 0.15) is 11.5 Å². The molecular formula is C13H20N2O3. The van der Waals surface area contributed by atoms with Crippen LogP contribution in [0.4, 0.5) is 5.69 Å². The molecule has 0 spiro atoms. The molecule has 1 rings (SSSR count). The van der Waals surface area contributed by atoms with Crippen LogP contribution in [0.25, 0.3) is 0 Å². The topological polar surface area (TPSA) is 73.6 Å². The summed E-state index contributed by atoms with van der Waals surface area (Å²) in [7, 11) is 1.56. The van der Waals surface area contributed by atoms with E-state index in [2.05, 4.69) is 5.32 Å². The number of carbonyl (C=O) groups is 1. The lowest BCUT2D eigenvalue weighted by Gasteiger charge is -2.10. The molecule has 0 atom stereocenters. The largest absolute Gasteiger partial charge is 0.495 e. The van der Waals surface area contributed by atoms with Crippen molar-refractivity contribution in [1.29, 1.82) is 0 Å². The first-order chi connectivity index (χ1) is 8.52. The van der Waals surface area contributed by atoms with E-state index < -0.39 is 0 Å². The van der Waals surface area contributed by atoms with Crippen molar-refractivity contribution in [2.24, 2.45) is 0 Å². The lowest BCUT2D eigenvalue weighted by Crippen LogP contribution is -2.31. The number of nitrogens with one attached hydrogen (secondary N) is 1. The Hall–Kier alpha value is -1.91. The number of carbonyl (C=O) groups excluding carboxylic acids is 1. The number of nitrogen functional groups attached to an aromatic ring is 1. The molecule has 0 radical (unpaired) electrons. The summed E-state index contributed by atoms with van der Waals surface area (Å²) in [6.07, 6.45) is 0.324. The highest BCUT2D eigenvalue weighted by molar-refractivity contribution is 5.76. The number of methoxy groups -OCH3 is 1.